The average Bonchev–Trinajstić information content (AvgIpc) is 3.07. The predicted octanol–water partition coefficient (Wildman–Crippen LogP) is 5.98. The van der Waals surface area contributed by atoms with E-state index in [1.807, 2.05) is 42.5 Å². The van der Waals surface area contributed by atoms with Gasteiger partial charge in [-0.1, -0.05) is 60.1 Å². The van der Waals surface area contributed by atoms with Crippen LogP contribution in [-0.4, -0.2) is 9.55 Å². The van der Waals surface area contributed by atoms with Gasteiger partial charge in [-0.25, -0.2) is 9.37 Å². The van der Waals surface area contributed by atoms with E-state index in [0.29, 0.717) is 17.0 Å². The van der Waals surface area contributed by atoms with Crippen molar-refractivity contribution < 1.29 is 4.39 Å². The number of hydrogen-bond acceptors (Lipinski definition) is 2. The summed E-state index contributed by atoms with van der Waals surface area (Å²) in [6.07, 6.45) is 0.679. The van der Waals surface area contributed by atoms with Crippen molar-refractivity contribution in [3.63, 3.8) is 0 Å². The van der Waals surface area contributed by atoms with Gasteiger partial charge in [0, 0.05) is 10.6 Å². The minimum Gasteiger partial charge on any atom is -0.349 e. The molecule has 4 aromatic rings. The molecule has 5 heteroatoms. The van der Waals surface area contributed by atoms with Crippen LogP contribution < -0.4 is 5.32 Å². The third kappa shape index (κ3) is 2.68. The molecule has 0 saturated heterocycles. The third-order valence-corrected chi connectivity index (χ3v) is 5.53. The third-order valence-electron chi connectivity index (χ3n) is 5.20. The van der Waals surface area contributed by atoms with E-state index in [4.69, 9.17) is 16.6 Å². The molecule has 0 aliphatic carbocycles. The van der Waals surface area contributed by atoms with Crippen LogP contribution in [0.15, 0.2) is 72.8 Å². The van der Waals surface area contributed by atoms with Gasteiger partial charge in [-0.2, -0.15) is 0 Å². The van der Waals surface area contributed by atoms with Crippen LogP contribution in [-0.2, 0) is 0 Å². The summed E-state index contributed by atoms with van der Waals surface area (Å²) in [4.78, 5) is 4.75. The molecule has 3 aromatic carbocycles. The van der Waals surface area contributed by atoms with Gasteiger partial charge in [-0.05, 0) is 36.2 Å². The van der Waals surface area contributed by atoms with Crippen molar-refractivity contribution in [1.29, 1.82) is 0 Å². The van der Waals surface area contributed by atoms with Gasteiger partial charge in [0.1, 0.15) is 5.82 Å². The van der Waals surface area contributed by atoms with Crippen LogP contribution in [0.25, 0.3) is 11.0 Å². The average molecular weight is 378 g/mol. The lowest BCUT2D eigenvalue weighted by Crippen LogP contribution is -2.28. The molecule has 27 heavy (non-hydrogen) atoms. The van der Waals surface area contributed by atoms with Crippen molar-refractivity contribution in [3.8, 4) is 0 Å². The van der Waals surface area contributed by atoms with Gasteiger partial charge in [0.15, 0.2) is 0 Å². The maximum Gasteiger partial charge on any atom is 0.204 e. The number of anilines is 1. The van der Waals surface area contributed by atoms with Crippen molar-refractivity contribution in [3.05, 3.63) is 94.8 Å². The predicted molar refractivity (Wildman–Crippen MR) is 107 cm³/mol. The molecule has 0 fully saturated rings. The normalized spacial score (nSPS) is 18.9. The number of nitrogens with one attached hydrogen (secondary N) is 1. The number of imidazole rings is 1. The van der Waals surface area contributed by atoms with E-state index in [2.05, 4.69) is 22.0 Å². The van der Waals surface area contributed by atoms with Crippen molar-refractivity contribution in [2.75, 3.05) is 5.32 Å². The fourth-order valence-electron chi connectivity index (χ4n) is 3.99. The molecule has 5 rings (SSSR count). The fourth-order valence-corrected chi connectivity index (χ4v) is 4.27. The number of para-hydroxylation sites is 2. The molecule has 0 amide bonds. The zero-order valence-corrected chi connectivity index (χ0v) is 15.2. The quantitative estimate of drug-likeness (QED) is 0.466. The number of halogens is 2. The lowest BCUT2D eigenvalue weighted by atomic mass is 9.92. The second-order valence-electron chi connectivity index (χ2n) is 6.79. The van der Waals surface area contributed by atoms with Gasteiger partial charge in [0.2, 0.25) is 5.95 Å². The first-order valence-electron chi connectivity index (χ1n) is 8.95. The highest BCUT2D eigenvalue weighted by Crippen LogP contribution is 2.43. The molecule has 0 radical (unpaired) electrons. The molecule has 2 heterocycles. The van der Waals surface area contributed by atoms with Crippen LogP contribution in [0.4, 0.5) is 10.3 Å². The summed E-state index contributed by atoms with van der Waals surface area (Å²) < 4.78 is 16.9. The van der Waals surface area contributed by atoms with Crippen molar-refractivity contribution in [2.24, 2.45) is 0 Å². The van der Waals surface area contributed by atoms with Crippen molar-refractivity contribution in [2.45, 2.75) is 18.5 Å². The Bertz CT molecular complexity index is 1100. The second kappa shape index (κ2) is 6.39. The summed E-state index contributed by atoms with van der Waals surface area (Å²) in [5, 5.41) is 3.97. The molecule has 2 atom stereocenters. The Kier molecular flexibility index (Phi) is 3.87. The van der Waals surface area contributed by atoms with E-state index in [0.717, 1.165) is 22.5 Å². The summed E-state index contributed by atoms with van der Waals surface area (Å²) in [7, 11) is 0. The molecule has 1 N–H and O–H groups in total. The monoisotopic (exact) mass is 377 g/mol. The molecule has 134 valence electrons. The number of fused-ring (bicyclic) bond motifs is 3. The molecular formula is C22H17ClFN3. The summed E-state index contributed by atoms with van der Waals surface area (Å²) >= 11 is 6.45. The van der Waals surface area contributed by atoms with Gasteiger partial charge >= 0.3 is 0 Å². The van der Waals surface area contributed by atoms with Gasteiger partial charge in [-0.15, -0.1) is 0 Å². The number of benzene rings is 3. The Balaban J connectivity index is 1.73. The second-order valence-corrected chi connectivity index (χ2v) is 7.20. The lowest BCUT2D eigenvalue weighted by molar-refractivity contribution is 0.457. The number of aromatic nitrogens is 2. The Morgan fingerprint density at radius 3 is 2.56 bits per heavy atom. The van der Waals surface area contributed by atoms with Crippen LogP contribution in [0.1, 0.15) is 29.6 Å². The first-order valence-corrected chi connectivity index (χ1v) is 9.32. The first kappa shape index (κ1) is 16.3. The minimum atomic E-state index is -0.287. The summed E-state index contributed by atoms with van der Waals surface area (Å²) in [6, 6.07) is 22.7. The maximum absolute atomic E-state index is 14.8. The van der Waals surface area contributed by atoms with Crippen LogP contribution in [0, 0.1) is 5.82 Å². The Morgan fingerprint density at radius 2 is 1.74 bits per heavy atom. The van der Waals surface area contributed by atoms with E-state index >= 15 is 0 Å². The van der Waals surface area contributed by atoms with Crippen LogP contribution in [0.2, 0.25) is 5.02 Å². The topological polar surface area (TPSA) is 29.9 Å². The zero-order valence-electron chi connectivity index (χ0n) is 14.4. The molecule has 0 bridgehead atoms. The molecule has 0 spiro atoms. The van der Waals surface area contributed by atoms with Crippen molar-refractivity contribution in [1.82, 2.24) is 9.55 Å². The highest BCUT2D eigenvalue weighted by Gasteiger charge is 2.33. The Hall–Kier alpha value is -2.85. The Morgan fingerprint density at radius 1 is 0.963 bits per heavy atom. The van der Waals surface area contributed by atoms with Gasteiger partial charge in [0.25, 0.3) is 0 Å². The van der Waals surface area contributed by atoms with E-state index in [9.17, 15) is 4.39 Å². The van der Waals surface area contributed by atoms with E-state index in [-0.39, 0.29) is 17.9 Å². The molecule has 0 unspecified atom stereocenters. The van der Waals surface area contributed by atoms with E-state index in [1.165, 1.54) is 6.07 Å². The molecule has 0 saturated carbocycles. The van der Waals surface area contributed by atoms with Gasteiger partial charge in [-0.3, -0.25) is 0 Å². The van der Waals surface area contributed by atoms with Crippen LogP contribution >= 0.6 is 11.6 Å². The smallest absolute Gasteiger partial charge is 0.204 e. The SMILES string of the molecule is Fc1cccc(Cl)c1[C@@H]1C[C@H](c2ccccc2)Nc2nc3ccccc3n21. The summed E-state index contributed by atoms with van der Waals surface area (Å²) in [5.41, 5.74) is 3.52. The van der Waals surface area contributed by atoms with E-state index in [1.54, 1.807) is 12.1 Å². The molecule has 1 aromatic heterocycles. The molecule has 1 aliphatic rings. The van der Waals surface area contributed by atoms with Gasteiger partial charge < -0.3 is 9.88 Å². The van der Waals surface area contributed by atoms with Crippen LogP contribution in [0.5, 0.6) is 0 Å². The van der Waals surface area contributed by atoms with Crippen molar-refractivity contribution >= 4 is 28.6 Å². The fraction of sp³-hybridized carbons (Fsp3) is 0.136. The number of nitrogens with zero attached hydrogens (tertiary/aromatic N) is 2. The zero-order chi connectivity index (χ0) is 18.4. The maximum atomic E-state index is 14.8. The highest BCUT2D eigenvalue weighted by atomic mass is 35.5. The first-order chi connectivity index (χ1) is 13.2. The number of hydrogen-bond donors (Lipinski definition) is 1. The number of rotatable bonds is 2. The standard InChI is InChI=1S/C22H17ClFN3/c23-15-9-6-10-16(24)21(15)20-13-18(14-7-2-1-3-8-14)26-22-25-17-11-4-5-12-19(17)27(20)22/h1-12,18,20H,13H2,(H,25,26)/t18-,20+/m1/s1. The summed E-state index contributed by atoms with van der Waals surface area (Å²) in [5.74, 6) is 0.450. The molecule has 1 aliphatic heterocycles. The lowest BCUT2D eigenvalue weighted by Gasteiger charge is -2.34. The molecular weight excluding hydrogens is 361 g/mol. The molecule has 3 nitrogen and oxygen atoms in total. The van der Waals surface area contributed by atoms with Crippen LogP contribution in [0.3, 0.4) is 0 Å². The largest absolute Gasteiger partial charge is 0.349 e. The highest BCUT2D eigenvalue weighted by molar-refractivity contribution is 6.31. The van der Waals surface area contributed by atoms with E-state index < -0.39 is 0 Å². The van der Waals surface area contributed by atoms with Gasteiger partial charge in [0.05, 0.1) is 23.1 Å². The minimum absolute atomic E-state index is 0.0242. The Labute approximate surface area is 161 Å². The summed E-state index contributed by atoms with van der Waals surface area (Å²) in [6.45, 7) is 0.